The number of nitrogens with zero attached hydrogens (tertiary/aromatic N) is 1. The number of amides is 1. The van der Waals surface area contributed by atoms with E-state index in [1.807, 2.05) is 37.8 Å². The van der Waals surface area contributed by atoms with Gasteiger partial charge in [0.25, 0.3) is 0 Å². The summed E-state index contributed by atoms with van der Waals surface area (Å²) in [5.74, 6) is 0.982. The number of nitrogens with one attached hydrogen (secondary N) is 1. The first kappa shape index (κ1) is 12.8. The van der Waals surface area contributed by atoms with Crippen molar-refractivity contribution >= 4 is 5.91 Å². The number of carbonyl (C=O) groups is 1. The highest BCUT2D eigenvalue weighted by Crippen LogP contribution is 2.11. The summed E-state index contributed by atoms with van der Waals surface area (Å²) in [5, 5.41) is 3.15. The molecule has 0 bridgehead atoms. The average molecular weight is 224 g/mol. The van der Waals surface area contributed by atoms with Gasteiger partial charge in [0, 0.05) is 13.1 Å². The summed E-state index contributed by atoms with van der Waals surface area (Å²) < 4.78 is 5.25. The Bertz CT molecular complexity index is 305. The molecule has 1 aromatic rings. The smallest absolute Gasteiger partial charge is 0.236 e. The Labute approximate surface area is 96.6 Å². The first-order valence-electron chi connectivity index (χ1n) is 5.73. The molecule has 0 aliphatic carbocycles. The molecule has 90 valence electrons. The fourth-order valence-corrected chi connectivity index (χ4v) is 1.57. The zero-order valence-electron chi connectivity index (χ0n) is 10.2. The van der Waals surface area contributed by atoms with E-state index in [4.69, 9.17) is 4.42 Å². The Kier molecular flexibility index (Phi) is 5.05. The first-order valence-corrected chi connectivity index (χ1v) is 5.73. The highest BCUT2D eigenvalue weighted by atomic mass is 16.3. The quantitative estimate of drug-likeness (QED) is 0.801. The second-order valence-corrected chi connectivity index (χ2v) is 3.68. The second-order valence-electron chi connectivity index (χ2n) is 3.68. The number of carbonyl (C=O) groups excluding carboxylic acids is 1. The topological polar surface area (TPSA) is 45.5 Å². The van der Waals surface area contributed by atoms with E-state index in [1.165, 1.54) is 0 Å². The summed E-state index contributed by atoms with van der Waals surface area (Å²) >= 11 is 0. The van der Waals surface area contributed by atoms with Crippen LogP contribution in [0.25, 0.3) is 0 Å². The van der Waals surface area contributed by atoms with Crippen LogP contribution in [0.1, 0.15) is 32.6 Å². The normalized spacial score (nSPS) is 12.4. The fraction of sp³-hybridized carbons (Fsp3) is 0.583. The van der Waals surface area contributed by atoms with E-state index in [0.717, 1.165) is 18.8 Å². The minimum atomic E-state index is 0.0644. The SMILES string of the molecule is CCN(CC)C(=O)CN[C@@H](C)c1ccco1. The molecule has 0 radical (unpaired) electrons. The van der Waals surface area contributed by atoms with Crippen LogP contribution in [0.5, 0.6) is 0 Å². The molecule has 0 unspecified atom stereocenters. The van der Waals surface area contributed by atoms with Crippen LogP contribution in [-0.2, 0) is 4.79 Å². The van der Waals surface area contributed by atoms with E-state index < -0.39 is 0 Å². The largest absolute Gasteiger partial charge is 0.468 e. The number of furan rings is 1. The summed E-state index contributed by atoms with van der Waals surface area (Å²) in [5.41, 5.74) is 0. The van der Waals surface area contributed by atoms with Crippen molar-refractivity contribution in [2.24, 2.45) is 0 Å². The van der Waals surface area contributed by atoms with Crippen molar-refractivity contribution in [2.75, 3.05) is 19.6 Å². The van der Waals surface area contributed by atoms with Crippen LogP contribution in [0.4, 0.5) is 0 Å². The molecule has 1 aromatic heterocycles. The Morgan fingerprint density at radius 2 is 2.19 bits per heavy atom. The molecule has 16 heavy (non-hydrogen) atoms. The third kappa shape index (κ3) is 3.38. The Morgan fingerprint density at radius 1 is 1.50 bits per heavy atom. The lowest BCUT2D eigenvalue weighted by molar-refractivity contribution is -0.130. The average Bonchev–Trinajstić information content (AvgIpc) is 2.81. The van der Waals surface area contributed by atoms with Crippen molar-refractivity contribution in [3.05, 3.63) is 24.2 Å². The summed E-state index contributed by atoms with van der Waals surface area (Å²) in [7, 11) is 0. The molecule has 0 aliphatic heterocycles. The zero-order valence-corrected chi connectivity index (χ0v) is 10.2. The number of hydrogen-bond donors (Lipinski definition) is 1. The van der Waals surface area contributed by atoms with Gasteiger partial charge in [-0.15, -0.1) is 0 Å². The Morgan fingerprint density at radius 3 is 2.69 bits per heavy atom. The van der Waals surface area contributed by atoms with E-state index in [0.29, 0.717) is 6.54 Å². The van der Waals surface area contributed by atoms with Gasteiger partial charge in [-0.05, 0) is 32.9 Å². The van der Waals surface area contributed by atoms with Gasteiger partial charge in [0.15, 0.2) is 0 Å². The van der Waals surface area contributed by atoms with E-state index >= 15 is 0 Å². The van der Waals surface area contributed by atoms with Crippen LogP contribution in [0.2, 0.25) is 0 Å². The molecule has 0 spiro atoms. The van der Waals surface area contributed by atoms with Crippen LogP contribution in [0, 0.1) is 0 Å². The van der Waals surface area contributed by atoms with Gasteiger partial charge in [-0.3, -0.25) is 10.1 Å². The predicted octanol–water partition coefficient (Wildman–Crippen LogP) is 1.80. The van der Waals surface area contributed by atoms with Crippen molar-refractivity contribution in [2.45, 2.75) is 26.8 Å². The van der Waals surface area contributed by atoms with Crippen LogP contribution < -0.4 is 5.32 Å². The molecule has 1 rings (SSSR count). The number of rotatable bonds is 6. The van der Waals surface area contributed by atoms with Crippen molar-refractivity contribution in [3.63, 3.8) is 0 Å². The van der Waals surface area contributed by atoms with Crippen LogP contribution >= 0.6 is 0 Å². The predicted molar refractivity (Wildman–Crippen MR) is 63.1 cm³/mol. The first-order chi connectivity index (χ1) is 7.69. The molecular formula is C12H20N2O2. The monoisotopic (exact) mass is 224 g/mol. The van der Waals surface area contributed by atoms with Crippen molar-refractivity contribution in [1.82, 2.24) is 10.2 Å². The Hall–Kier alpha value is -1.29. The number of likely N-dealkylation sites (N-methyl/N-ethyl adjacent to an activating group) is 1. The maximum absolute atomic E-state index is 11.7. The standard InChI is InChI=1S/C12H20N2O2/c1-4-14(5-2)12(15)9-13-10(3)11-7-6-8-16-11/h6-8,10,13H,4-5,9H2,1-3H3/t10-/m0/s1. The molecule has 0 aliphatic rings. The number of hydrogen-bond acceptors (Lipinski definition) is 3. The lowest BCUT2D eigenvalue weighted by Gasteiger charge is -2.20. The zero-order chi connectivity index (χ0) is 12.0. The van der Waals surface area contributed by atoms with E-state index in [9.17, 15) is 4.79 Å². The van der Waals surface area contributed by atoms with Crippen molar-refractivity contribution in [1.29, 1.82) is 0 Å². The molecule has 0 saturated carbocycles. The van der Waals surface area contributed by atoms with E-state index in [1.54, 1.807) is 6.26 Å². The third-order valence-electron chi connectivity index (χ3n) is 2.65. The summed E-state index contributed by atoms with van der Waals surface area (Å²) in [6, 6.07) is 3.81. The van der Waals surface area contributed by atoms with Gasteiger partial charge in [0.2, 0.25) is 5.91 Å². The molecule has 1 heterocycles. The molecular weight excluding hydrogens is 204 g/mol. The molecule has 1 N–H and O–H groups in total. The molecule has 0 saturated heterocycles. The molecule has 0 fully saturated rings. The minimum absolute atomic E-state index is 0.0644. The minimum Gasteiger partial charge on any atom is -0.468 e. The molecule has 1 atom stereocenters. The third-order valence-corrected chi connectivity index (χ3v) is 2.65. The van der Waals surface area contributed by atoms with Gasteiger partial charge in [-0.25, -0.2) is 0 Å². The molecule has 1 amide bonds. The lowest BCUT2D eigenvalue weighted by Crippen LogP contribution is -2.38. The molecule has 4 heteroatoms. The van der Waals surface area contributed by atoms with Gasteiger partial charge in [-0.2, -0.15) is 0 Å². The fourth-order valence-electron chi connectivity index (χ4n) is 1.57. The van der Waals surface area contributed by atoms with Crippen LogP contribution in [-0.4, -0.2) is 30.4 Å². The van der Waals surface area contributed by atoms with Gasteiger partial charge in [0.05, 0.1) is 18.8 Å². The van der Waals surface area contributed by atoms with Gasteiger partial charge >= 0.3 is 0 Å². The molecule has 0 aromatic carbocycles. The maximum atomic E-state index is 11.7. The van der Waals surface area contributed by atoms with Crippen molar-refractivity contribution < 1.29 is 9.21 Å². The second kappa shape index (κ2) is 6.33. The van der Waals surface area contributed by atoms with Gasteiger partial charge in [-0.1, -0.05) is 0 Å². The highest BCUT2D eigenvalue weighted by Gasteiger charge is 2.12. The summed E-state index contributed by atoms with van der Waals surface area (Å²) in [6.45, 7) is 7.81. The van der Waals surface area contributed by atoms with Crippen LogP contribution in [0.15, 0.2) is 22.8 Å². The summed E-state index contributed by atoms with van der Waals surface area (Å²) in [4.78, 5) is 13.5. The van der Waals surface area contributed by atoms with Crippen LogP contribution in [0.3, 0.4) is 0 Å². The lowest BCUT2D eigenvalue weighted by atomic mass is 10.2. The summed E-state index contributed by atoms with van der Waals surface area (Å²) in [6.07, 6.45) is 1.64. The van der Waals surface area contributed by atoms with Gasteiger partial charge < -0.3 is 9.32 Å². The van der Waals surface area contributed by atoms with Gasteiger partial charge in [0.1, 0.15) is 5.76 Å². The Balaban J connectivity index is 2.37. The van der Waals surface area contributed by atoms with Crippen molar-refractivity contribution in [3.8, 4) is 0 Å². The molecule has 4 nitrogen and oxygen atoms in total. The van der Waals surface area contributed by atoms with E-state index in [-0.39, 0.29) is 11.9 Å². The maximum Gasteiger partial charge on any atom is 0.236 e. The highest BCUT2D eigenvalue weighted by molar-refractivity contribution is 5.78. The van der Waals surface area contributed by atoms with E-state index in [2.05, 4.69) is 5.32 Å².